The van der Waals surface area contributed by atoms with E-state index in [0.717, 1.165) is 0 Å². The standard InChI is InChI=1S/C13H10FN3O2S/c14-9-5-2-1-4-8(9)12(19)17-13(20)16-11-10(18)6-3-7-15-11/h1-7,18H,(H2,15,16,17,19,20). The van der Waals surface area contributed by atoms with Gasteiger partial charge in [-0.15, -0.1) is 0 Å². The van der Waals surface area contributed by atoms with Crippen LogP contribution in [0.1, 0.15) is 10.4 Å². The molecule has 7 heteroatoms. The summed E-state index contributed by atoms with van der Waals surface area (Å²) in [6, 6.07) is 8.49. The van der Waals surface area contributed by atoms with E-state index in [0.29, 0.717) is 0 Å². The number of aromatic hydroxyl groups is 1. The molecule has 1 amide bonds. The fourth-order valence-corrected chi connectivity index (χ4v) is 1.64. The van der Waals surface area contributed by atoms with Gasteiger partial charge < -0.3 is 10.4 Å². The van der Waals surface area contributed by atoms with Gasteiger partial charge in [0.15, 0.2) is 16.7 Å². The number of rotatable bonds is 2. The van der Waals surface area contributed by atoms with E-state index in [2.05, 4.69) is 15.6 Å². The van der Waals surface area contributed by atoms with Gasteiger partial charge in [-0.2, -0.15) is 0 Å². The second-order valence-corrected chi connectivity index (χ2v) is 4.17. The van der Waals surface area contributed by atoms with Crippen LogP contribution in [0.2, 0.25) is 0 Å². The molecular formula is C13H10FN3O2S. The molecule has 0 radical (unpaired) electrons. The van der Waals surface area contributed by atoms with Crippen LogP contribution in [0.3, 0.4) is 0 Å². The predicted octanol–water partition coefficient (Wildman–Crippen LogP) is 2.05. The SMILES string of the molecule is O=C(NC(=S)Nc1ncccc1O)c1ccccc1F. The van der Waals surface area contributed by atoms with Gasteiger partial charge in [0.1, 0.15) is 5.82 Å². The molecule has 0 aliphatic rings. The third-order valence-electron chi connectivity index (χ3n) is 2.36. The molecule has 2 aromatic rings. The maximum absolute atomic E-state index is 13.4. The molecule has 1 heterocycles. The van der Waals surface area contributed by atoms with E-state index in [1.807, 2.05) is 0 Å². The first kappa shape index (κ1) is 13.9. The predicted molar refractivity (Wildman–Crippen MR) is 76.0 cm³/mol. The third-order valence-corrected chi connectivity index (χ3v) is 2.57. The Morgan fingerprint density at radius 1 is 1.25 bits per heavy atom. The molecule has 0 aliphatic carbocycles. The molecule has 1 aromatic heterocycles. The Hall–Kier alpha value is -2.54. The molecule has 2 rings (SSSR count). The zero-order chi connectivity index (χ0) is 14.5. The largest absolute Gasteiger partial charge is 0.504 e. The minimum atomic E-state index is -0.684. The summed E-state index contributed by atoms with van der Waals surface area (Å²) in [6.07, 6.45) is 1.45. The average molecular weight is 291 g/mol. The number of pyridine rings is 1. The Bertz CT molecular complexity index is 664. The van der Waals surface area contributed by atoms with Gasteiger partial charge in [-0.05, 0) is 36.5 Å². The summed E-state index contributed by atoms with van der Waals surface area (Å²) in [5, 5.41) is 14.3. The molecule has 1 aromatic carbocycles. The summed E-state index contributed by atoms with van der Waals surface area (Å²) in [5.41, 5.74) is -0.123. The minimum Gasteiger partial charge on any atom is -0.504 e. The number of nitrogens with one attached hydrogen (secondary N) is 2. The van der Waals surface area contributed by atoms with E-state index < -0.39 is 11.7 Å². The fourth-order valence-electron chi connectivity index (χ4n) is 1.45. The highest BCUT2D eigenvalue weighted by atomic mass is 32.1. The van der Waals surface area contributed by atoms with E-state index in [4.69, 9.17) is 12.2 Å². The number of benzene rings is 1. The highest BCUT2D eigenvalue weighted by Gasteiger charge is 2.13. The lowest BCUT2D eigenvalue weighted by atomic mass is 10.2. The molecule has 0 aliphatic heterocycles. The molecule has 102 valence electrons. The first-order valence-corrected chi connectivity index (χ1v) is 5.99. The summed E-state index contributed by atoms with van der Waals surface area (Å²) >= 11 is 4.90. The minimum absolute atomic E-state index is 0.0905. The monoisotopic (exact) mass is 291 g/mol. The zero-order valence-corrected chi connectivity index (χ0v) is 10.9. The maximum atomic E-state index is 13.4. The van der Waals surface area contributed by atoms with Crippen molar-refractivity contribution < 1.29 is 14.3 Å². The Kier molecular flexibility index (Phi) is 4.21. The Morgan fingerprint density at radius 3 is 2.70 bits per heavy atom. The smallest absolute Gasteiger partial charge is 0.260 e. The van der Waals surface area contributed by atoms with Crippen LogP contribution in [0, 0.1) is 5.82 Å². The van der Waals surface area contributed by atoms with Gasteiger partial charge in [0.2, 0.25) is 0 Å². The lowest BCUT2D eigenvalue weighted by Crippen LogP contribution is -2.34. The Balaban J connectivity index is 2.04. The van der Waals surface area contributed by atoms with Gasteiger partial charge in [-0.3, -0.25) is 10.1 Å². The first-order valence-electron chi connectivity index (χ1n) is 5.59. The maximum Gasteiger partial charge on any atom is 0.260 e. The number of thiocarbonyl (C=S) groups is 1. The number of hydrogen-bond acceptors (Lipinski definition) is 4. The highest BCUT2D eigenvalue weighted by molar-refractivity contribution is 7.80. The Morgan fingerprint density at radius 2 is 2.00 bits per heavy atom. The molecule has 0 saturated carbocycles. The quantitative estimate of drug-likeness (QED) is 0.739. The van der Waals surface area contributed by atoms with Gasteiger partial charge in [0.25, 0.3) is 5.91 Å². The molecule has 0 unspecified atom stereocenters. The highest BCUT2D eigenvalue weighted by Crippen LogP contribution is 2.17. The number of carbonyl (C=O) groups is 1. The fraction of sp³-hybridized carbons (Fsp3) is 0. The zero-order valence-electron chi connectivity index (χ0n) is 10.1. The van der Waals surface area contributed by atoms with Crippen LogP contribution in [-0.4, -0.2) is 21.1 Å². The van der Waals surface area contributed by atoms with Crippen LogP contribution < -0.4 is 10.6 Å². The number of hydrogen-bond donors (Lipinski definition) is 3. The van der Waals surface area contributed by atoms with Crippen molar-refractivity contribution in [3.63, 3.8) is 0 Å². The van der Waals surface area contributed by atoms with Crippen molar-refractivity contribution in [3.8, 4) is 5.75 Å². The second kappa shape index (κ2) is 6.07. The number of nitrogens with zero attached hydrogens (tertiary/aromatic N) is 1. The van der Waals surface area contributed by atoms with Crippen molar-refractivity contribution in [1.82, 2.24) is 10.3 Å². The molecule has 3 N–H and O–H groups in total. The third kappa shape index (κ3) is 3.27. The number of anilines is 1. The van der Waals surface area contributed by atoms with Crippen molar-refractivity contribution >= 4 is 29.1 Å². The van der Waals surface area contributed by atoms with E-state index in [1.54, 1.807) is 12.1 Å². The lowest BCUT2D eigenvalue weighted by Gasteiger charge is -2.10. The lowest BCUT2D eigenvalue weighted by molar-refractivity contribution is 0.0974. The van der Waals surface area contributed by atoms with Crippen LogP contribution in [0.4, 0.5) is 10.2 Å². The van der Waals surface area contributed by atoms with Crippen molar-refractivity contribution in [2.24, 2.45) is 0 Å². The summed E-state index contributed by atoms with van der Waals surface area (Å²) in [4.78, 5) is 15.6. The van der Waals surface area contributed by atoms with Crippen molar-refractivity contribution in [2.75, 3.05) is 5.32 Å². The van der Waals surface area contributed by atoms with Crippen LogP contribution in [0.5, 0.6) is 5.75 Å². The summed E-state index contributed by atoms with van der Waals surface area (Å²) in [5.74, 6) is -1.34. The van der Waals surface area contributed by atoms with Gasteiger partial charge in [-0.25, -0.2) is 9.37 Å². The molecular weight excluding hydrogens is 281 g/mol. The van der Waals surface area contributed by atoms with Gasteiger partial charge >= 0.3 is 0 Å². The number of halogens is 1. The molecule has 0 atom stereocenters. The molecule has 0 spiro atoms. The second-order valence-electron chi connectivity index (χ2n) is 3.76. The van der Waals surface area contributed by atoms with Crippen molar-refractivity contribution in [2.45, 2.75) is 0 Å². The summed E-state index contributed by atoms with van der Waals surface area (Å²) in [7, 11) is 0. The van der Waals surface area contributed by atoms with E-state index in [9.17, 15) is 14.3 Å². The summed E-state index contributed by atoms with van der Waals surface area (Å²) in [6.45, 7) is 0. The van der Waals surface area contributed by atoms with Crippen LogP contribution in [-0.2, 0) is 0 Å². The summed E-state index contributed by atoms with van der Waals surface area (Å²) < 4.78 is 13.4. The van der Waals surface area contributed by atoms with E-state index >= 15 is 0 Å². The normalized spacial score (nSPS) is 9.85. The van der Waals surface area contributed by atoms with Crippen LogP contribution in [0.15, 0.2) is 42.6 Å². The molecule has 5 nitrogen and oxygen atoms in total. The van der Waals surface area contributed by atoms with E-state index in [-0.39, 0.29) is 22.2 Å². The number of aromatic nitrogens is 1. The van der Waals surface area contributed by atoms with Crippen molar-refractivity contribution in [1.29, 1.82) is 0 Å². The van der Waals surface area contributed by atoms with E-state index in [1.165, 1.54) is 30.5 Å². The molecule has 0 bridgehead atoms. The molecule has 0 saturated heterocycles. The number of carbonyl (C=O) groups excluding carboxylic acids is 1. The van der Waals surface area contributed by atoms with Gasteiger partial charge in [0.05, 0.1) is 5.56 Å². The Labute approximate surface area is 119 Å². The van der Waals surface area contributed by atoms with Crippen LogP contribution >= 0.6 is 12.2 Å². The average Bonchev–Trinajstić information content (AvgIpc) is 2.41. The number of amides is 1. The van der Waals surface area contributed by atoms with Crippen LogP contribution in [0.25, 0.3) is 0 Å². The first-order chi connectivity index (χ1) is 9.58. The van der Waals surface area contributed by atoms with Crippen molar-refractivity contribution in [3.05, 3.63) is 54.0 Å². The molecule has 20 heavy (non-hydrogen) atoms. The molecule has 0 fully saturated rings. The topological polar surface area (TPSA) is 74.2 Å². The van der Waals surface area contributed by atoms with Gasteiger partial charge in [0, 0.05) is 6.20 Å². The van der Waals surface area contributed by atoms with Gasteiger partial charge in [-0.1, -0.05) is 12.1 Å².